The molecule has 2 aliphatic rings. The van der Waals surface area contributed by atoms with Crippen LogP contribution in [0.3, 0.4) is 0 Å². The normalized spacial score (nSPS) is 11.8. The van der Waals surface area contributed by atoms with Crippen LogP contribution >= 0.6 is 0 Å². The summed E-state index contributed by atoms with van der Waals surface area (Å²) in [7, 11) is 0. The predicted octanol–water partition coefficient (Wildman–Crippen LogP) is 37.1. The number of hydrogen-bond acceptors (Lipinski definition) is 0. The summed E-state index contributed by atoms with van der Waals surface area (Å²) in [5.74, 6) is 0. The Bertz CT molecular complexity index is 9090. The van der Waals surface area contributed by atoms with Crippen molar-refractivity contribution in [1.29, 1.82) is 0 Å². The van der Waals surface area contributed by atoms with E-state index < -0.39 is 0 Å². The Morgan fingerprint density at radius 1 is 0.0833 bits per heavy atom. The summed E-state index contributed by atoms with van der Waals surface area (Å²) >= 11 is 0. The van der Waals surface area contributed by atoms with Crippen molar-refractivity contribution >= 4 is 118 Å². The lowest BCUT2D eigenvalue weighted by Crippen LogP contribution is -1.92. The summed E-state index contributed by atoms with van der Waals surface area (Å²) in [4.78, 5) is 0. The SMILES string of the molecule is c1ccc(-c2c(-c3ccc(-c4ccc5c6c(cccc46)-c4ccccc4-5)cc3)c3ccccc3c3ccccc23)cc1.c1ccc(-c2c(-c3ccc(-c4ccc5ccc6cccc7ccc4c5c67)cc3)c3ccccc3c3ccccc23)cc1.c1ccc(-c2c(-c3ccccc3)c3cc(-c4cccc(-c5ccc6c(c5)-c5cccc7cccc-6c57)c4)ccc3c3ccccc23)cc1. The van der Waals surface area contributed by atoms with Crippen molar-refractivity contribution in [1.82, 2.24) is 0 Å². The van der Waals surface area contributed by atoms with Crippen molar-refractivity contribution < 1.29 is 0 Å². The van der Waals surface area contributed by atoms with E-state index in [2.05, 4.69) is 497 Å². The first-order valence-electron chi connectivity index (χ1n) is 45.9. The van der Waals surface area contributed by atoms with Crippen LogP contribution < -0.4 is 0 Å². The van der Waals surface area contributed by atoms with E-state index in [-0.39, 0.29) is 0 Å². The molecule has 26 aromatic carbocycles. The van der Waals surface area contributed by atoms with Crippen LogP contribution in [0.15, 0.2) is 497 Å². The van der Waals surface area contributed by atoms with Crippen LogP contribution in [0.25, 0.3) is 274 Å². The molecule has 132 heavy (non-hydrogen) atoms. The highest BCUT2D eigenvalue weighted by Crippen LogP contribution is 2.55. The summed E-state index contributed by atoms with van der Waals surface area (Å²) in [6.45, 7) is 0. The summed E-state index contributed by atoms with van der Waals surface area (Å²) in [6.07, 6.45) is 0. The molecule has 0 bridgehead atoms. The van der Waals surface area contributed by atoms with Gasteiger partial charge in [-0.1, -0.05) is 479 Å². The second-order valence-electron chi connectivity index (χ2n) is 35.3. The molecule has 0 heterocycles. The third-order valence-corrected chi connectivity index (χ3v) is 28.2. The fourth-order valence-corrected chi connectivity index (χ4v) is 22.4. The Balaban J connectivity index is 0.000000104. The zero-order chi connectivity index (χ0) is 86.9. The predicted molar refractivity (Wildman–Crippen MR) is 566 cm³/mol. The molecule has 0 fully saturated rings. The first kappa shape index (κ1) is 76.1. The molecule has 26 aromatic rings. The number of rotatable bonds is 10. The number of benzene rings is 26. The van der Waals surface area contributed by atoms with Gasteiger partial charge in [-0.2, -0.15) is 0 Å². The van der Waals surface area contributed by atoms with Crippen LogP contribution in [0.4, 0.5) is 0 Å². The monoisotopic (exact) mass is 1670 g/mol. The lowest BCUT2D eigenvalue weighted by Gasteiger charge is -2.19. The van der Waals surface area contributed by atoms with E-state index in [1.54, 1.807) is 0 Å². The van der Waals surface area contributed by atoms with E-state index >= 15 is 0 Å². The van der Waals surface area contributed by atoms with Crippen molar-refractivity contribution in [3.63, 3.8) is 0 Å². The van der Waals surface area contributed by atoms with E-state index in [1.807, 2.05) is 0 Å². The van der Waals surface area contributed by atoms with Crippen molar-refractivity contribution in [2.75, 3.05) is 0 Å². The molecule has 0 amide bonds. The van der Waals surface area contributed by atoms with Crippen molar-refractivity contribution in [2.24, 2.45) is 0 Å². The topological polar surface area (TPSA) is 0 Å². The van der Waals surface area contributed by atoms with Crippen LogP contribution in [0.1, 0.15) is 0 Å². The smallest absolute Gasteiger partial charge is 0.00201 e. The zero-order valence-corrected chi connectivity index (χ0v) is 72.3. The molecule has 0 saturated heterocycles. The average Bonchev–Trinajstić information content (AvgIpc) is 1.23. The molecule has 28 rings (SSSR count). The highest BCUT2D eigenvalue weighted by atomic mass is 14.3. The van der Waals surface area contributed by atoms with Gasteiger partial charge in [0.25, 0.3) is 0 Å². The van der Waals surface area contributed by atoms with E-state index in [1.165, 1.54) is 274 Å². The second kappa shape index (κ2) is 31.4. The van der Waals surface area contributed by atoms with E-state index in [0.717, 1.165) is 0 Å². The minimum Gasteiger partial charge on any atom is -0.0622 e. The zero-order valence-electron chi connectivity index (χ0n) is 72.3. The third-order valence-electron chi connectivity index (χ3n) is 28.2. The molecule has 0 unspecified atom stereocenters. The fraction of sp³-hybridized carbons (Fsp3) is 0. The molecule has 0 saturated carbocycles. The standard InChI is InChI=1S/C48H30.2C42H26/c1-3-12-32(13-4-1)47-42-21-8-7-20-38(42)39-26-24-37(30-45(39)48(47)33-14-5-2-6-15-33)35-19-9-18-34(28-35)36-25-27-40-41-22-10-16-31-17-11-23-43(46(31)41)44(40)29-36;1-2-9-28(10-3-1)41-36-15-6-4-13-34(36)35-14-5-7-16-37(35)42(41)31-19-17-27(18-20-31)33-25-23-32-22-21-29-11-8-12-30-24-26-38(33)40(32)39(29)30;1-2-11-28(12-3-1)40-36-17-8-6-13-31(36)32-14-7-9-18-37(32)41(40)29-23-21-27(22-24-29)30-25-26-39-34-16-5-4-15-33(34)38-20-10-19-35(30)42(38)39/h1-30H;2*1-26H. The Hall–Kier alpha value is -17.2. The maximum Gasteiger partial charge on any atom is -0.00201 e. The van der Waals surface area contributed by atoms with E-state index in [4.69, 9.17) is 0 Å². The Kier molecular flexibility index (Phi) is 18.1. The maximum absolute atomic E-state index is 2.41. The van der Waals surface area contributed by atoms with Gasteiger partial charge in [0.2, 0.25) is 0 Å². The third kappa shape index (κ3) is 12.4. The Morgan fingerprint density at radius 2 is 0.318 bits per heavy atom. The summed E-state index contributed by atoms with van der Waals surface area (Å²) in [5, 5.41) is 28.7. The van der Waals surface area contributed by atoms with Crippen molar-refractivity contribution in [2.45, 2.75) is 0 Å². The molecule has 0 heteroatoms. The van der Waals surface area contributed by atoms with Crippen LogP contribution in [-0.2, 0) is 0 Å². The van der Waals surface area contributed by atoms with Gasteiger partial charge in [-0.3, -0.25) is 0 Å². The lowest BCUT2D eigenvalue weighted by molar-refractivity contribution is 1.59. The first-order valence-corrected chi connectivity index (χ1v) is 45.9. The van der Waals surface area contributed by atoms with Crippen LogP contribution in [0.5, 0.6) is 0 Å². The van der Waals surface area contributed by atoms with Crippen molar-refractivity contribution in [3.05, 3.63) is 497 Å². The quantitative estimate of drug-likeness (QED) is 0.120. The van der Waals surface area contributed by atoms with Gasteiger partial charge in [-0.25, -0.2) is 0 Å². The molecule has 0 aliphatic heterocycles. The van der Waals surface area contributed by atoms with E-state index in [0.29, 0.717) is 0 Å². The van der Waals surface area contributed by atoms with Gasteiger partial charge in [0.1, 0.15) is 0 Å². The van der Waals surface area contributed by atoms with Crippen LogP contribution in [-0.4, -0.2) is 0 Å². The van der Waals surface area contributed by atoms with Gasteiger partial charge >= 0.3 is 0 Å². The van der Waals surface area contributed by atoms with Crippen molar-refractivity contribution in [3.8, 4) is 156 Å². The molecule has 0 N–H and O–H groups in total. The Labute approximate surface area is 766 Å². The largest absolute Gasteiger partial charge is 0.0622 e. The minimum atomic E-state index is 1.22. The highest BCUT2D eigenvalue weighted by Gasteiger charge is 2.28. The fourth-order valence-electron chi connectivity index (χ4n) is 22.4. The van der Waals surface area contributed by atoms with Crippen LogP contribution in [0.2, 0.25) is 0 Å². The van der Waals surface area contributed by atoms with Gasteiger partial charge in [-0.05, 0) is 292 Å². The molecular weight excluding hydrogens is 1590 g/mol. The van der Waals surface area contributed by atoms with E-state index in [9.17, 15) is 0 Å². The maximum atomic E-state index is 2.41. The second-order valence-corrected chi connectivity index (χ2v) is 35.3. The summed E-state index contributed by atoms with van der Waals surface area (Å²) < 4.78 is 0. The minimum absolute atomic E-state index is 1.22. The molecule has 0 atom stereocenters. The van der Waals surface area contributed by atoms with Gasteiger partial charge in [0.15, 0.2) is 0 Å². The van der Waals surface area contributed by atoms with Gasteiger partial charge in [0, 0.05) is 0 Å². The average molecular weight is 1670 g/mol. The number of fused-ring (bicyclic) bond motifs is 15. The molecule has 2 aliphatic carbocycles. The number of hydrogen-bond donors (Lipinski definition) is 0. The first-order chi connectivity index (χ1) is 65.5. The molecular formula is C132H82. The van der Waals surface area contributed by atoms with Gasteiger partial charge in [-0.15, -0.1) is 0 Å². The molecule has 0 aromatic heterocycles. The summed E-state index contributed by atoms with van der Waals surface area (Å²) in [6, 6.07) is 183. The highest BCUT2D eigenvalue weighted by molar-refractivity contribution is 6.29. The molecule has 0 spiro atoms. The Morgan fingerprint density at radius 3 is 0.780 bits per heavy atom. The summed E-state index contributed by atoms with van der Waals surface area (Å²) in [5.41, 5.74) is 35.7. The lowest BCUT2D eigenvalue weighted by atomic mass is 9.84. The van der Waals surface area contributed by atoms with Gasteiger partial charge < -0.3 is 0 Å². The molecule has 610 valence electrons. The van der Waals surface area contributed by atoms with Gasteiger partial charge in [0.05, 0.1) is 0 Å². The molecule has 0 nitrogen and oxygen atoms in total. The van der Waals surface area contributed by atoms with Crippen LogP contribution in [0, 0.1) is 0 Å². The molecule has 0 radical (unpaired) electrons.